The van der Waals surface area contributed by atoms with Crippen molar-refractivity contribution in [2.45, 2.75) is 58.4 Å². The summed E-state index contributed by atoms with van der Waals surface area (Å²) in [6.45, 7) is 7.24. The van der Waals surface area contributed by atoms with Gasteiger partial charge in [-0.15, -0.1) is 0 Å². The van der Waals surface area contributed by atoms with Crippen LogP contribution in [0.1, 0.15) is 52.9 Å². The first kappa shape index (κ1) is 16.9. The van der Waals surface area contributed by atoms with E-state index < -0.39 is 10.2 Å². The second-order valence-corrected chi connectivity index (χ2v) is 7.58. The summed E-state index contributed by atoms with van der Waals surface area (Å²) in [6.07, 6.45) is 5.05. The van der Waals surface area contributed by atoms with Gasteiger partial charge in [0, 0.05) is 25.2 Å². The summed E-state index contributed by atoms with van der Waals surface area (Å²) in [6, 6.07) is 0. The molecule has 0 aromatic heterocycles. The topological polar surface area (TPSA) is 75.4 Å². The van der Waals surface area contributed by atoms with Gasteiger partial charge in [-0.2, -0.15) is 12.7 Å². The molecular weight excluding hydrogens is 262 g/mol. The van der Waals surface area contributed by atoms with Crippen LogP contribution in [-0.2, 0) is 10.2 Å². The number of nitrogens with two attached hydrogens (primary N) is 1. The minimum atomic E-state index is -3.43. The van der Waals surface area contributed by atoms with E-state index in [1.165, 1.54) is 6.42 Å². The molecule has 0 saturated heterocycles. The van der Waals surface area contributed by atoms with E-state index in [4.69, 9.17) is 5.73 Å². The quantitative estimate of drug-likeness (QED) is 0.745. The van der Waals surface area contributed by atoms with Gasteiger partial charge in [-0.3, -0.25) is 0 Å². The van der Waals surface area contributed by atoms with E-state index in [1.54, 1.807) is 4.31 Å². The standard InChI is InChI=1S/C13H29N3O2S/c1-4-16(19(17,18)15-10-12(2)3)13(11-14)8-6-5-7-9-13/h12,15H,4-11,14H2,1-3H3. The number of nitrogens with one attached hydrogen (secondary N) is 1. The zero-order valence-corrected chi connectivity index (χ0v) is 13.3. The van der Waals surface area contributed by atoms with E-state index in [9.17, 15) is 8.42 Å². The number of hydrogen-bond donors (Lipinski definition) is 2. The molecule has 1 aliphatic rings. The van der Waals surface area contributed by atoms with Crippen molar-refractivity contribution >= 4 is 10.2 Å². The van der Waals surface area contributed by atoms with Crippen molar-refractivity contribution < 1.29 is 8.42 Å². The molecule has 19 heavy (non-hydrogen) atoms. The first-order valence-electron chi connectivity index (χ1n) is 7.35. The highest BCUT2D eigenvalue weighted by Gasteiger charge is 2.42. The van der Waals surface area contributed by atoms with Crippen LogP contribution in [0.25, 0.3) is 0 Å². The maximum atomic E-state index is 12.5. The molecular formula is C13H29N3O2S. The fraction of sp³-hybridized carbons (Fsp3) is 1.00. The fourth-order valence-corrected chi connectivity index (χ4v) is 4.68. The van der Waals surface area contributed by atoms with Crippen molar-refractivity contribution in [3.05, 3.63) is 0 Å². The van der Waals surface area contributed by atoms with Crippen molar-refractivity contribution in [2.75, 3.05) is 19.6 Å². The number of nitrogens with zero attached hydrogens (tertiary/aromatic N) is 1. The average molecular weight is 291 g/mol. The average Bonchev–Trinajstić information content (AvgIpc) is 2.38. The van der Waals surface area contributed by atoms with Crippen LogP contribution in [0.15, 0.2) is 0 Å². The molecule has 1 saturated carbocycles. The lowest BCUT2D eigenvalue weighted by Gasteiger charge is -2.44. The van der Waals surface area contributed by atoms with E-state index >= 15 is 0 Å². The highest BCUT2D eigenvalue weighted by atomic mass is 32.2. The number of likely N-dealkylation sites (N-methyl/N-ethyl adjacent to an activating group) is 1. The van der Waals surface area contributed by atoms with Crippen molar-refractivity contribution in [1.82, 2.24) is 9.03 Å². The summed E-state index contributed by atoms with van der Waals surface area (Å²) < 4.78 is 29.3. The molecule has 0 unspecified atom stereocenters. The minimum Gasteiger partial charge on any atom is -0.329 e. The summed E-state index contributed by atoms with van der Waals surface area (Å²) in [5.41, 5.74) is 5.55. The molecule has 3 N–H and O–H groups in total. The van der Waals surface area contributed by atoms with Crippen LogP contribution in [-0.4, -0.2) is 37.9 Å². The molecule has 5 nitrogen and oxygen atoms in total. The Morgan fingerprint density at radius 2 is 1.84 bits per heavy atom. The highest BCUT2D eigenvalue weighted by molar-refractivity contribution is 7.87. The largest absolute Gasteiger partial charge is 0.329 e. The Hall–Kier alpha value is -0.170. The van der Waals surface area contributed by atoms with Crippen LogP contribution in [0.5, 0.6) is 0 Å². The van der Waals surface area contributed by atoms with E-state index in [0.29, 0.717) is 25.6 Å². The van der Waals surface area contributed by atoms with Crippen molar-refractivity contribution in [3.63, 3.8) is 0 Å². The highest BCUT2D eigenvalue weighted by Crippen LogP contribution is 2.34. The molecule has 0 heterocycles. The Kier molecular flexibility index (Phi) is 6.23. The van der Waals surface area contributed by atoms with Gasteiger partial charge in [0.25, 0.3) is 10.2 Å². The Bertz CT molecular complexity index is 362. The normalized spacial score (nSPS) is 20.1. The number of hydrogen-bond acceptors (Lipinski definition) is 3. The van der Waals surface area contributed by atoms with Crippen molar-refractivity contribution in [3.8, 4) is 0 Å². The van der Waals surface area contributed by atoms with Gasteiger partial charge in [-0.1, -0.05) is 40.0 Å². The monoisotopic (exact) mass is 291 g/mol. The molecule has 0 aromatic rings. The lowest BCUT2D eigenvalue weighted by molar-refractivity contribution is 0.139. The third-order valence-electron chi connectivity index (χ3n) is 3.94. The summed E-state index contributed by atoms with van der Waals surface area (Å²) in [5, 5.41) is 0. The van der Waals surface area contributed by atoms with Gasteiger partial charge < -0.3 is 5.73 Å². The second-order valence-electron chi connectivity index (χ2n) is 5.90. The Morgan fingerprint density at radius 1 is 1.26 bits per heavy atom. The summed E-state index contributed by atoms with van der Waals surface area (Å²) in [7, 11) is -3.43. The molecule has 1 fully saturated rings. The molecule has 1 rings (SSSR count). The molecule has 0 aliphatic heterocycles. The Balaban J connectivity index is 2.90. The van der Waals surface area contributed by atoms with E-state index in [1.807, 2.05) is 20.8 Å². The lowest BCUT2D eigenvalue weighted by Crippen LogP contribution is -2.59. The van der Waals surface area contributed by atoms with Crippen LogP contribution in [0.2, 0.25) is 0 Å². The van der Waals surface area contributed by atoms with Crippen molar-refractivity contribution in [2.24, 2.45) is 11.7 Å². The lowest BCUT2D eigenvalue weighted by atomic mass is 9.81. The van der Waals surface area contributed by atoms with Crippen LogP contribution < -0.4 is 10.5 Å². The van der Waals surface area contributed by atoms with E-state index in [-0.39, 0.29) is 5.54 Å². The summed E-state index contributed by atoms with van der Waals surface area (Å²) in [4.78, 5) is 0. The minimum absolute atomic E-state index is 0.300. The molecule has 0 atom stereocenters. The van der Waals surface area contributed by atoms with Crippen molar-refractivity contribution in [1.29, 1.82) is 0 Å². The predicted molar refractivity (Wildman–Crippen MR) is 79.0 cm³/mol. The Labute approximate surface area is 118 Å². The van der Waals surface area contributed by atoms with Gasteiger partial charge in [-0.25, -0.2) is 4.72 Å². The molecule has 0 aromatic carbocycles. The predicted octanol–water partition coefficient (Wildman–Crippen LogP) is 1.46. The zero-order chi connectivity index (χ0) is 14.5. The summed E-state index contributed by atoms with van der Waals surface area (Å²) in [5.74, 6) is 0.300. The summed E-state index contributed by atoms with van der Waals surface area (Å²) >= 11 is 0. The Morgan fingerprint density at radius 3 is 2.26 bits per heavy atom. The van der Waals surface area contributed by atoms with Gasteiger partial charge in [0.2, 0.25) is 0 Å². The van der Waals surface area contributed by atoms with Crippen LogP contribution in [0.4, 0.5) is 0 Å². The van der Waals surface area contributed by atoms with Crippen LogP contribution >= 0.6 is 0 Å². The first-order valence-corrected chi connectivity index (χ1v) is 8.79. The molecule has 0 amide bonds. The zero-order valence-electron chi connectivity index (χ0n) is 12.5. The van der Waals surface area contributed by atoms with Gasteiger partial charge >= 0.3 is 0 Å². The van der Waals surface area contributed by atoms with Gasteiger partial charge in [0.05, 0.1) is 0 Å². The molecule has 114 valence electrons. The van der Waals surface area contributed by atoms with Gasteiger partial charge in [-0.05, 0) is 18.8 Å². The third kappa shape index (κ3) is 4.15. The maximum absolute atomic E-state index is 12.5. The SMILES string of the molecule is CCN(C1(CN)CCCCC1)S(=O)(=O)NCC(C)C. The van der Waals surface area contributed by atoms with Crippen LogP contribution in [0.3, 0.4) is 0 Å². The van der Waals surface area contributed by atoms with E-state index in [0.717, 1.165) is 25.7 Å². The maximum Gasteiger partial charge on any atom is 0.279 e. The number of rotatable bonds is 7. The molecule has 1 aliphatic carbocycles. The third-order valence-corrected chi connectivity index (χ3v) is 5.70. The molecule has 6 heteroatoms. The molecule has 0 radical (unpaired) electrons. The first-order chi connectivity index (χ1) is 8.88. The smallest absolute Gasteiger partial charge is 0.279 e. The molecule has 0 bridgehead atoms. The van der Waals surface area contributed by atoms with Crippen LogP contribution in [0, 0.1) is 5.92 Å². The van der Waals surface area contributed by atoms with Gasteiger partial charge in [0.1, 0.15) is 0 Å². The fourth-order valence-electron chi connectivity index (χ4n) is 2.88. The van der Waals surface area contributed by atoms with Gasteiger partial charge in [0.15, 0.2) is 0 Å². The second kappa shape index (κ2) is 7.02. The molecule has 0 spiro atoms. The van der Waals surface area contributed by atoms with E-state index in [2.05, 4.69) is 4.72 Å².